The van der Waals surface area contributed by atoms with Crippen molar-refractivity contribution < 1.29 is 42.3 Å². The first-order valence-electron chi connectivity index (χ1n) is 17.3. The van der Waals surface area contributed by atoms with Crippen LogP contribution in [-0.2, 0) is 32.3 Å². The molecule has 0 aromatic heterocycles. The lowest BCUT2D eigenvalue weighted by atomic mass is 9.90. The van der Waals surface area contributed by atoms with E-state index in [1.807, 2.05) is 84.9 Å². The summed E-state index contributed by atoms with van der Waals surface area (Å²) in [5.41, 5.74) is 19.6. The molecule has 5 amide bonds. The second-order valence-electron chi connectivity index (χ2n) is 12.0. The molecule has 298 valence electrons. The molecule has 55 heavy (non-hydrogen) atoms. The van der Waals surface area contributed by atoms with Crippen LogP contribution in [0.15, 0.2) is 89.9 Å². The fraction of sp³-hybridized carbons (Fsp3) is 0.351. The van der Waals surface area contributed by atoms with Crippen molar-refractivity contribution in [2.45, 2.75) is 56.9 Å². The predicted molar refractivity (Wildman–Crippen MR) is 200 cm³/mol. The van der Waals surface area contributed by atoms with Gasteiger partial charge in [0.25, 0.3) is 0 Å². The number of aliphatic carboxylic acids is 1. The van der Waals surface area contributed by atoms with Gasteiger partial charge in [-0.05, 0) is 47.9 Å². The lowest BCUT2D eigenvalue weighted by Crippen LogP contribution is -2.48. The molecule has 0 heterocycles. The van der Waals surface area contributed by atoms with Gasteiger partial charge in [0.15, 0.2) is 5.96 Å². The number of unbranched alkanes of at least 4 members (excludes halogenated alkanes) is 1. The minimum atomic E-state index is -5.08. The molecule has 3 aromatic carbocycles. The maximum absolute atomic E-state index is 13.7. The number of rotatable bonds is 19. The van der Waals surface area contributed by atoms with E-state index in [1.54, 1.807) is 0 Å². The normalized spacial score (nSPS) is 11.2. The Bertz CT molecular complexity index is 1640. The highest BCUT2D eigenvalue weighted by molar-refractivity contribution is 5.92. The van der Waals surface area contributed by atoms with E-state index in [1.165, 1.54) is 0 Å². The van der Waals surface area contributed by atoms with E-state index in [0.29, 0.717) is 39.0 Å². The van der Waals surface area contributed by atoms with E-state index in [4.69, 9.17) is 27.1 Å². The van der Waals surface area contributed by atoms with Crippen LogP contribution in [0.4, 0.5) is 18.0 Å². The number of urea groups is 1. The van der Waals surface area contributed by atoms with Crippen molar-refractivity contribution in [1.29, 1.82) is 0 Å². The van der Waals surface area contributed by atoms with Crippen LogP contribution in [0.3, 0.4) is 0 Å². The third-order valence-electron chi connectivity index (χ3n) is 7.69. The highest BCUT2D eigenvalue weighted by Gasteiger charge is 2.38. The van der Waals surface area contributed by atoms with E-state index in [2.05, 4.69) is 31.6 Å². The van der Waals surface area contributed by atoms with Gasteiger partial charge in [0, 0.05) is 32.7 Å². The molecular formula is C37H48F3N9O6. The van der Waals surface area contributed by atoms with Gasteiger partial charge in [-0.1, -0.05) is 84.9 Å². The van der Waals surface area contributed by atoms with Crippen molar-refractivity contribution in [3.63, 3.8) is 0 Å². The van der Waals surface area contributed by atoms with Gasteiger partial charge in [-0.25, -0.2) is 9.59 Å². The monoisotopic (exact) mass is 771 g/mol. The number of benzene rings is 3. The molecule has 0 fully saturated rings. The van der Waals surface area contributed by atoms with Crippen LogP contribution < -0.4 is 43.8 Å². The van der Waals surface area contributed by atoms with Crippen molar-refractivity contribution in [3.8, 4) is 0 Å². The van der Waals surface area contributed by atoms with Gasteiger partial charge in [-0.3, -0.25) is 19.4 Å². The highest BCUT2D eigenvalue weighted by Crippen LogP contribution is 2.25. The van der Waals surface area contributed by atoms with Crippen LogP contribution in [0.2, 0.25) is 0 Å². The zero-order valence-corrected chi connectivity index (χ0v) is 30.1. The number of hydrogen-bond acceptors (Lipinski definition) is 7. The Morgan fingerprint density at radius 2 is 1.18 bits per heavy atom. The number of amides is 5. The summed E-state index contributed by atoms with van der Waals surface area (Å²) in [4.78, 5) is 63.3. The van der Waals surface area contributed by atoms with Crippen molar-refractivity contribution in [3.05, 3.63) is 107 Å². The van der Waals surface area contributed by atoms with Crippen molar-refractivity contribution in [2.75, 3.05) is 26.2 Å². The molecule has 18 heteroatoms. The van der Waals surface area contributed by atoms with Crippen molar-refractivity contribution >= 4 is 35.7 Å². The zero-order chi connectivity index (χ0) is 40.6. The maximum Gasteiger partial charge on any atom is 0.490 e. The number of carboxylic acid groups (broad SMARTS) is 1. The summed E-state index contributed by atoms with van der Waals surface area (Å²) in [5, 5.41) is 21.3. The summed E-state index contributed by atoms with van der Waals surface area (Å²) < 4.78 is 31.7. The molecule has 0 bridgehead atoms. The molecule has 0 spiro atoms. The molecule has 0 saturated carbocycles. The number of alkyl halides is 3. The van der Waals surface area contributed by atoms with Gasteiger partial charge < -0.3 is 48.9 Å². The fourth-order valence-electron chi connectivity index (χ4n) is 4.90. The first-order chi connectivity index (χ1) is 26.2. The summed E-state index contributed by atoms with van der Waals surface area (Å²) >= 11 is 0. The lowest BCUT2D eigenvalue weighted by Gasteiger charge is -2.23. The van der Waals surface area contributed by atoms with E-state index >= 15 is 0 Å². The summed E-state index contributed by atoms with van der Waals surface area (Å²) in [6, 6.07) is 25.3. The standard InChI is InChI=1S/C35H47N9O4.C2HF3O2/c36-22-30(45)39-19-7-8-20-41-35(48)43-24-26-17-15-25(16-18-26)23-42-32(46)29(14-9-21-40-34(37)38)44-33(47)31(27-10-3-1-4-11-27)28-12-5-2-6-13-28;3-2(4,5)1(6)7/h1-6,10-13,15-18,29,31H,7-9,14,19-24,36H2,(H,39,45)(H,42,46)(H,44,47)(H4,37,38,40)(H2,41,43,48);(H,6,7)/t29-;/m1./s1. The third kappa shape index (κ3) is 18.4. The Kier molecular flexibility index (Phi) is 19.8. The SMILES string of the molecule is NCC(=O)NCCCCNC(=O)NCc1ccc(CNC(=O)[C@@H](CCCN=C(N)N)NC(=O)C(c2ccccc2)c2ccccc2)cc1.O=C(O)C(F)(F)F. The van der Waals surface area contributed by atoms with Crippen LogP contribution in [0.25, 0.3) is 0 Å². The Labute approximate surface area is 316 Å². The number of nitrogens with zero attached hydrogens (tertiary/aromatic N) is 1. The Morgan fingerprint density at radius 1 is 0.691 bits per heavy atom. The van der Waals surface area contributed by atoms with Crippen LogP contribution in [-0.4, -0.2) is 79.2 Å². The van der Waals surface area contributed by atoms with E-state index < -0.39 is 24.1 Å². The summed E-state index contributed by atoms with van der Waals surface area (Å²) in [6.07, 6.45) is -2.81. The number of carbonyl (C=O) groups excluding carboxylic acids is 4. The number of aliphatic imine (C=N–C) groups is 1. The first-order valence-corrected chi connectivity index (χ1v) is 17.3. The molecule has 0 aliphatic rings. The van der Waals surface area contributed by atoms with Gasteiger partial charge in [-0.15, -0.1) is 0 Å². The van der Waals surface area contributed by atoms with E-state index in [9.17, 15) is 32.3 Å². The highest BCUT2D eigenvalue weighted by atomic mass is 19.4. The Balaban J connectivity index is 0.00000136. The first kappa shape index (κ1) is 45.0. The number of carboxylic acids is 1. The minimum absolute atomic E-state index is 0.0327. The van der Waals surface area contributed by atoms with Crippen LogP contribution >= 0.6 is 0 Å². The molecule has 1 atom stereocenters. The largest absolute Gasteiger partial charge is 0.490 e. The molecule has 0 unspecified atom stereocenters. The molecule has 0 aliphatic heterocycles. The second-order valence-corrected chi connectivity index (χ2v) is 12.0. The molecule has 0 saturated heterocycles. The molecule has 12 N–H and O–H groups in total. The fourth-order valence-corrected chi connectivity index (χ4v) is 4.90. The van der Waals surface area contributed by atoms with Crippen LogP contribution in [0.1, 0.15) is 53.9 Å². The average molecular weight is 772 g/mol. The number of halogens is 3. The lowest BCUT2D eigenvalue weighted by molar-refractivity contribution is -0.192. The topological polar surface area (TPSA) is 256 Å². The number of nitrogens with two attached hydrogens (primary N) is 3. The number of nitrogens with one attached hydrogen (secondary N) is 5. The van der Waals surface area contributed by atoms with Crippen LogP contribution in [0.5, 0.6) is 0 Å². The Morgan fingerprint density at radius 3 is 1.65 bits per heavy atom. The maximum atomic E-state index is 13.7. The molecule has 3 rings (SSSR count). The summed E-state index contributed by atoms with van der Waals surface area (Å²) in [7, 11) is 0. The van der Waals surface area contributed by atoms with Crippen molar-refractivity contribution in [2.24, 2.45) is 22.2 Å². The van der Waals surface area contributed by atoms with Gasteiger partial charge in [-0.2, -0.15) is 13.2 Å². The smallest absolute Gasteiger partial charge is 0.475 e. The number of hydrogen-bond donors (Lipinski definition) is 9. The quantitative estimate of drug-likeness (QED) is 0.0490. The second kappa shape index (κ2) is 24.2. The molecule has 15 nitrogen and oxygen atoms in total. The minimum Gasteiger partial charge on any atom is -0.475 e. The van der Waals surface area contributed by atoms with Crippen LogP contribution in [0, 0.1) is 0 Å². The Hall–Kier alpha value is -6.17. The van der Waals surface area contributed by atoms with Crippen molar-refractivity contribution in [1.82, 2.24) is 26.6 Å². The van der Waals surface area contributed by atoms with Gasteiger partial charge >= 0.3 is 18.2 Å². The molecule has 3 aromatic rings. The van der Waals surface area contributed by atoms with Gasteiger partial charge in [0.1, 0.15) is 6.04 Å². The van der Waals surface area contributed by atoms with Gasteiger partial charge in [0.05, 0.1) is 12.5 Å². The zero-order valence-electron chi connectivity index (χ0n) is 30.1. The summed E-state index contributed by atoms with van der Waals surface area (Å²) in [6.45, 7) is 1.87. The molecular weight excluding hydrogens is 723 g/mol. The number of guanidine groups is 1. The molecule has 0 aliphatic carbocycles. The van der Waals surface area contributed by atoms with E-state index in [-0.39, 0.29) is 42.8 Å². The van der Waals surface area contributed by atoms with E-state index in [0.717, 1.165) is 35.1 Å². The average Bonchev–Trinajstić information content (AvgIpc) is 3.16. The van der Waals surface area contributed by atoms with Gasteiger partial charge in [0.2, 0.25) is 17.7 Å². The number of carbonyl (C=O) groups is 5. The molecule has 0 radical (unpaired) electrons. The predicted octanol–water partition coefficient (Wildman–Crippen LogP) is 1.96. The summed E-state index contributed by atoms with van der Waals surface area (Å²) in [5.74, 6) is -4.19. The third-order valence-corrected chi connectivity index (χ3v) is 7.69.